The molecule has 0 aliphatic heterocycles. The van der Waals surface area contributed by atoms with Crippen LogP contribution in [0.1, 0.15) is 5.56 Å². The largest absolute Gasteiger partial charge is 0.326 e. The van der Waals surface area contributed by atoms with Crippen LogP contribution in [-0.2, 0) is 6.54 Å². The van der Waals surface area contributed by atoms with Crippen LogP contribution in [0.5, 0.6) is 0 Å². The molecule has 1 heterocycles. The maximum atomic E-state index is 5.72. The molecule has 1 aromatic heterocycles. The highest BCUT2D eigenvalue weighted by atomic mass is 127. The SMILES string of the molecule is NCc1c(Br)cccc1-n1cc(I)cn1. The number of aromatic nitrogens is 2. The van der Waals surface area contributed by atoms with Gasteiger partial charge < -0.3 is 5.73 Å². The van der Waals surface area contributed by atoms with Crippen LogP contribution < -0.4 is 5.73 Å². The van der Waals surface area contributed by atoms with Gasteiger partial charge in [0.25, 0.3) is 0 Å². The molecular formula is C10H9BrIN3. The molecule has 0 unspecified atom stereocenters. The fourth-order valence-electron chi connectivity index (χ4n) is 1.40. The van der Waals surface area contributed by atoms with E-state index in [0.717, 1.165) is 19.3 Å². The van der Waals surface area contributed by atoms with Crippen molar-refractivity contribution in [2.75, 3.05) is 0 Å². The van der Waals surface area contributed by atoms with Crippen LogP contribution in [0.2, 0.25) is 0 Å². The third-order valence-electron chi connectivity index (χ3n) is 2.10. The van der Waals surface area contributed by atoms with Crippen molar-refractivity contribution in [1.29, 1.82) is 0 Å². The van der Waals surface area contributed by atoms with E-state index in [9.17, 15) is 0 Å². The minimum absolute atomic E-state index is 0.493. The van der Waals surface area contributed by atoms with Crippen molar-refractivity contribution in [3.8, 4) is 5.69 Å². The van der Waals surface area contributed by atoms with Gasteiger partial charge >= 0.3 is 0 Å². The number of hydrogen-bond acceptors (Lipinski definition) is 2. The van der Waals surface area contributed by atoms with Crippen LogP contribution >= 0.6 is 38.5 Å². The van der Waals surface area contributed by atoms with Gasteiger partial charge in [0.05, 0.1) is 15.5 Å². The van der Waals surface area contributed by atoms with Crippen LogP contribution in [0.4, 0.5) is 0 Å². The molecule has 0 aliphatic carbocycles. The van der Waals surface area contributed by atoms with Gasteiger partial charge in [-0.15, -0.1) is 0 Å². The first-order chi connectivity index (χ1) is 7.22. The average molecular weight is 378 g/mol. The van der Waals surface area contributed by atoms with E-state index >= 15 is 0 Å². The molecular weight excluding hydrogens is 369 g/mol. The first-order valence-corrected chi connectivity index (χ1v) is 6.27. The number of rotatable bonds is 2. The molecule has 2 N–H and O–H groups in total. The Morgan fingerprint density at radius 1 is 1.47 bits per heavy atom. The maximum absolute atomic E-state index is 5.72. The van der Waals surface area contributed by atoms with E-state index in [1.54, 1.807) is 0 Å². The fourth-order valence-corrected chi connectivity index (χ4v) is 2.30. The number of nitrogens with two attached hydrogens (primary N) is 1. The average Bonchev–Trinajstić information content (AvgIpc) is 2.64. The van der Waals surface area contributed by atoms with Crippen molar-refractivity contribution in [1.82, 2.24) is 9.78 Å². The molecule has 2 rings (SSSR count). The molecule has 5 heteroatoms. The van der Waals surface area contributed by atoms with E-state index < -0.39 is 0 Å². The van der Waals surface area contributed by atoms with Gasteiger partial charge in [0, 0.05) is 22.8 Å². The highest BCUT2D eigenvalue weighted by molar-refractivity contribution is 14.1. The van der Waals surface area contributed by atoms with Crippen molar-refractivity contribution in [3.05, 3.63) is 44.2 Å². The quantitative estimate of drug-likeness (QED) is 0.818. The van der Waals surface area contributed by atoms with Crippen molar-refractivity contribution < 1.29 is 0 Å². The molecule has 0 fully saturated rings. The lowest BCUT2D eigenvalue weighted by atomic mass is 10.2. The van der Waals surface area contributed by atoms with Gasteiger partial charge in [-0.3, -0.25) is 0 Å². The van der Waals surface area contributed by atoms with Gasteiger partial charge in [-0.2, -0.15) is 5.10 Å². The van der Waals surface area contributed by atoms with Gasteiger partial charge in [0.15, 0.2) is 0 Å². The fraction of sp³-hybridized carbons (Fsp3) is 0.100. The van der Waals surface area contributed by atoms with Crippen LogP contribution in [0, 0.1) is 3.57 Å². The first-order valence-electron chi connectivity index (χ1n) is 4.40. The summed E-state index contributed by atoms with van der Waals surface area (Å²) in [7, 11) is 0. The van der Waals surface area contributed by atoms with E-state index in [2.05, 4.69) is 43.6 Å². The summed E-state index contributed by atoms with van der Waals surface area (Å²) < 4.78 is 3.97. The van der Waals surface area contributed by atoms with Crippen molar-refractivity contribution in [3.63, 3.8) is 0 Å². The Kier molecular flexibility index (Phi) is 3.42. The van der Waals surface area contributed by atoms with Gasteiger partial charge in [0.1, 0.15) is 0 Å². The second-order valence-electron chi connectivity index (χ2n) is 3.04. The molecule has 0 saturated heterocycles. The maximum Gasteiger partial charge on any atom is 0.0702 e. The summed E-state index contributed by atoms with van der Waals surface area (Å²) in [6.07, 6.45) is 3.79. The zero-order valence-corrected chi connectivity index (χ0v) is 11.6. The molecule has 2 aromatic rings. The first kappa shape index (κ1) is 11.1. The molecule has 1 aromatic carbocycles. The second-order valence-corrected chi connectivity index (χ2v) is 5.14. The molecule has 0 radical (unpaired) electrons. The lowest BCUT2D eigenvalue weighted by molar-refractivity contribution is 0.856. The third kappa shape index (κ3) is 2.24. The minimum atomic E-state index is 0.493. The highest BCUT2D eigenvalue weighted by Gasteiger charge is 2.07. The summed E-state index contributed by atoms with van der Waals surface area (Å²) in [6, 6.07) is 5.98. The van der Waals surface area contributed by atoms with Gasteiger partial charge in [-0.25, -0.2) is 4.68 Å². The number of nitrogens with zero attached hydrogens (tertiary/aromatic N) is 2. The second kappa shape index (κ2) is 4.63. The normalized spacial score (nSPS) is 10.6. The summed E-state index contributed by atoms with van der Waals surface area (Å²) in [5, 5.41) is 4.27. The Morgan fingerprint density at radius 3 is 2.87 bits per heavy atom. The van der Waals surface area contributed by atoms with E-state index in [1.807, 2.05) is 35.3 Å². The third-order valence-corrected chi connectivity index (χ3v) is 3.40. The predicted octanol–water partition coefficient (Wildman–Crippen LogP) is 2.70. The summed E-state index contributed by atoms with van der Waals surface area (Å²) in [5.41, 5.74) is 7.81. The number of benzene rings is 1. The van der Waals surface area contributed by atoms with E-state index in [4.69, 9.17) is 5.73 Å². The summed E-state index contributed by atoms with van der Waals surface area (Å²) in [5.74, 6) is 0. The minimum Gasteiger partial charge on any atom is -0.326 e. The van der Waals surface area contributed by atoms with Gasteiger partial charge in [-0.05, 0) is 34.7 Å². The topological polar surface area (TPSA) is 43.8 Å². The van der Waals surface area contributed by atoms with E-state index in [0.29, 0.717) is 6.54 Å². The Morgan fingerprint density at radius 2 is 2.27 bits per heavy atom. The van der Waals surface area contributed by atoms with Crippen LogP contribution in [0.3, 0.4) is 0 Å². The Bertz CT molecular complexity index is 481. The molecule has 0 amide bonds. The smallest absolute Gasteiger partial charge is 0.0702 e. The molecule has 78 valence electrons. The number of halogens is 2. The van der Waals surface area contributed by atoms with Crippen molar-refractivity contribution >= 4 is 38.5 Å². The van der Waals surface area contributed by atoms with Crippen molar-refractivity contribution in [2.45, 2.75) is 6.54 Å². The molecule has 0 atom stereocenters. The predicted molar refractivity (Wildman–Crippen MR) is 71.9 cm³/mol. The van der Waals surface area contributed by atoms with Crippen LogP contribution in [-0.4, -0.2) is 9.78 Å². The molecule has 0 aliphatic rings. The summed E-state index contributed by atoms with van der Waals surface area (Å²) in [4.78, 5) is 0. The summed E-state index contributed by atoms with van der Waals surface area (Å²) >= 11 is 5.72. The molecule has 0 saturated carbocycles. The summed E-state index contributed by atoms with van der Waals surface area (Å²) in [6.45, 7) is 0.493. The zero-order chi connectivity index (χ0) is 10.8. The van der Waals surface area contributed by atoms with E-state index in [1.165, 1.54) is 0 Å². The molecule has 15 heavy (non-hydrogen) atoms. The Labute approximate surface area is 110 Å². The Balaban J connectivity index is 2.57. The zero-order valence-electron chi connectivity index (χ0n) is 7.82. The molecule has 0 bridgehead atoms. The standard InChI is InChI=1S/C10H9BrIN3/c11-9-2-1-3-10(8(9)4-13)15-6-7(12)5-14-15/h1-3,5-6H,4,13H2. The van der Waals surface area contributed by atoms with Crippen LogP contribution in [0.25, 0.3) is 5.69 Å². The molecule has 0 spiro atoms. The van der Waals surface area contributed by atoms with E-state index in [-0.39, 0.29) is 0 Å². The Hall–Kier alpha value is -0.400. The lowest BCUT2D eigenvalue weighted by Gasteiger charge is -2.09. The number of hydrogen-bond donors (Lipinski definition) is 1. The lowest BCUT2D eigenvalue weighted by Crippen LogP contribution is -2.05. The monoisotopic (exact) mass is 377 g/mol. The van der Waals surface area contributed by atoms with Crippen molar-refractivity contribution in [2.24, 2.45) is 5.73 Å². The van der Waals surface area contributed by atoms with Gasteiger partial charge in [0.2, 0.25) is 0 Å². The highest BCUT2D eigenvalue weighted by Crippen LogP contribution is 2.23. The molecule has 3 nitrogen and oxygen atoms in total. The van der Waals surface area contributed by atoms with Crippen LogP contribution in [0.15, 0.2) is 35.1 Å². The van der Waals surface area contributed by atoms with Gasteiger partial charge in [-0.1, -0.05) is 22.0 Å².